The van der Waals surface area contributed by atoms with Gasteiger partial charge in [-0.3, -0.25) is 9.59 Å². The van der Waals surface area contributed by atoms with Crippen LogP contribution in [0.5, 0.6) is 5.88 Å². The number of benzene rings is 1. The van der Waals surface area contributed by atoms with Gasteiger partial charge in [-0.2, -0.15) is 13.2 Å². The Hall–Kier alpha value is -3.54. The van der Waals surface area contributed by atoms with Crippen molar-refractivity contribution < 1.29 is 27.5 Å². The number of terminal acetylenes is 1. The molecule has 0 fully saturated rings. The van der Waals surface area contributed by atoms with Crippen molar-refractivity contribution in [2.24, 2.45) is 0 Å². The molecule has 0 saturated carbocycles. The van der Waals surface area contributed by atoms with Gasteiger partial charge in [0, 0.05) is 24.5 Å². The summed E-state index contributed by atoms with van der Waals surface area (Å²) in [5.41, 5.74) is 0.845. The van der Waals surface area contributed by atoms with Crippen molar-refractivity contribution in [3.8, 4) is 18.2 Å². The predicted molar refractivity (Wildman–Crippen MR) is 95.8 cm³/mol. The third kappa shape index (κ3) is 6.02. The fourth-order valence-electron chi connectivity index (χ4n) is 2.20. The highest BCUT2D eigenvalue weighted by Crippen LogP contribution is 2.21. The average molecular weight is 391 g/mol. The van der Waals surface area contributed by atoms with Crippen LogP contribution in [-0.4, -0.2) is 48.1 Å². The number of aromatic nitrogens is 1. The summed E-state index contributed by atoms with van der Waals surface area (Å²) in [6, 6.07) is 9.23. The molecule has 1 N–H and O–H groups in total. The van der Waals surface area contributed by atoms with Crippen molar-refractivity contribution in [3.63, 3.8) is 0 Å². The summed E-state index contributed by atoms with van der Waals surface area (Å²) in [7, 11) is 1.33. The topological polar surface area (TPSA) is 71.5 Å². The first-order valence-electron chi connectivity index (χ1n) is 7.96. The standard InChI is InChI=1S/C19H16F3N3O3/c1-3-13-6-4-7-14(10-13)24-16(26)11-25(2)18(27)15-8-5-9-23-17(15)28-12-19(20,21)22/h1,4-10H,11-12H2,2H3,(H,24,26). The number of likely N-dealkylation sites (N-methyl/N-ethyl adjacent to an activating group) is 1. The molecule has 0 unspecified atom stereocenters. The van der Waals surface area contributed by atoms with Crippen LogP contribution >= 0.6 is 0 Å². The third-order valence-corrected chi connectivity index (χ3v) is 3.41. The van der Waals surface area contributed by atoms with Crippen LogP contribution in [0.25, 0.3) is 0 Å². The highest BCUT2D eigenvalue weighted by Gasteiger charge is 2.30. The van der Waals surface area contributed by atoms with Crippen LogP contribution in [-0.2, 0) is 4.79 Å². The number of alkyl halides is 3. The molecule has 146 valence electrons. The number of carbonyl (C=O) groups is 2. The number of nitrogens with zero attached hydrogens (tertiary/aromatic N) is 2. The average Bonchev–Trinajstić information content (AvgIpc) is 2.65. The SMILES string of the molecule is C#Cc1cccc(NC(=O)CN(C)C(=O)c2cccnc2OCC(F)(F)F)c1. The Kier molecular flexibility index (Phi) is 6.60. The van der Waals surface area contributed by atoms with Crippen LogP contribution in [0.2, 0.25) is 0 Å². The van der Waals surface area contributed by atoms with Gasteiger partial charge in [-0.05, 0) is 30.3 Å². The zero-order valence-corrected chi connectivity index (χ0v) is 14.8. The van der Waals surface area contributed by atoms with E-state index in [-0.39, 0.29) is 12.1 Å². The maximum absolute atomic E-state index is 12.5. The fourth-order valence-corrected chi connectivity index (χ4v) is 2.20. The van der Waals surface area contributed by atoms with Gasteiger partial charge in [0.2, 0.25) is 11.8 Å². The van der Waals surface area contributed by atoms with Gasteiger partial charge in [0.1, 0.15) is 5.56 Å². The number of ether oxygens (including phenoxy) is 1. The second-order valence-corrected chi connectivity index (χ2v) is 5.69. The third-order valence-electron chi connectivity index (χ3n) is 3.41. The second-order valence-electron chi connectivity index (χ2n) is 5.69. The van der Waals surface area contributed by atoms with Crippen molar-refractivity contribution in [1.82, 2.24) is 9.88 Å². The molecular formula is C19H16F3N3O3. The smallest absolute Gasteiger partial charge is 0.422 e. The van der Waals surface area contributed by atoms with E-state index in [1.807, 2.05) is 0 Å². The summed E-state index contributed by atoms with van der Waals surface area (Å²) in [6.07, 6.45) is 1.93. The van der Waals surface area contributed by atoms with E-state index < -0.39 is 30.5 Å². The van der Waals surface area contributed by atoms with Gasteiger partial charge >= 0.3 is 6.18 Å². The second kappa shape index (κ2) is 8.90. The van der Waals surface area contributed by atoms with Crippen LogP contribution in [0.1, 0.15) is 15.9 Å². The summed E-state index contributed by atoms with van der Waals surface area (Å²) < 4.78 is 41.7. The number of rotatable bonds is 6. The Bertz CT molecular complexity index is 907. The highest BCUT2D eigenvalue weighted by molar-refractivity contribution is 6.00. The molecule has 0 spiro atoms. The summed E-state index contributed by atoms with van der Waals surface area (Å²) >= 11 is 0. The van der Waals surface area contributed by atoms with Gasteiger partial charge in [-0.1, -0.05) is 12.0 Å². The number of hydrogen-bond donors (Lipinski definition) is 1. The van der Waals surface area contributed by atoms with E-state index in [1.54, 1.807) is 24.3 Å². The summed E-state index contributed by atoms with van der Waals surface area (Å²) in [5.74, 6) is 0.756. The minimum atomic E-state index is -4.57. The molecule has 0 aliphatic carbocycles. The van der Waals surface area contributed by atoms with E-state index in [0.29, 0.717) is 11.3 Å². The van der Waals surface area contributed by atoms with Crippen molar-refractivity contribution in [2.75, 3.05) is 25.5 Å². The molecule has 1 aromatic heterocycles. The number of nitrogens with one attached hydrogen (secondary N) is 1. The van der Waals surface area contributed by atoms with Gasteiger partial charge in [0.15, 0.2) is 6.61 Å². The van der Waals surface area contributed by atoms with Crippen molar-refractivity contribution in [3.05, 3.63) is 53.7 Å². The number of hydrogen-bond acceptors (Lipinski definition) is 4. The Morgan fingerprint density at radius 2 is 2.04 bits per heavy atom. The number of anilines is 1. The normalized spacial score (nSPS) is 10.7. The fraction of sp³-hybridized carbons (Fsp3) is 0.211. The lowest BCUT2D eigenvalue weighted by Gasteiger charge is -2.18. The number of pyridine rings is 1. The zero-order valence-electron chi connectivity index (χ0n) is 14.8. The highest BCUT2D eigenvalue weighted by atomic mass is 19.4. The Balaban J connectivity index is 2.04. The molecule has 2 rings (SSSR count). The first-order chi connectivity index (χ1) is 13.2. The molecule has 0 saturated heterocycles. The van der Waals surface area contributed by atoms with Crippen molar-refractivity contribution >= 4 is 17.5 Å². The minimum Gasteiger partial charge on any atom is -0.467 e. The van der Waals surface area contributed by atoms with Gasteiger partial charge in [-0.25, -0.2) is 4.98 Å². The molecule has 0 bridgehead atoms. The number of amides is 2. The predicted octanol–water partition coefficient (Wildman–Crippen LogP) is 2.71. The minimum absolute atomic E-state index is 0.184. The molecule has 6 nitrogen and oxygen atoms in total. The van der Waals surface area contributed by atoms with Crippen molar-refractivity contribution in [1.29, 1.82) is 0 Å². The molecule has 1 aromatic carbocycles. The van der Waals surface area contributed by atoms with Crippen LogP contribution in [0, 0.1) is 12.3 Å². The van der Waals surface area contributed by atoms with Crippen molar-refractivity contribution in [2.45, 2.75) is 6.18 Å². The van der Waals surface area contributed by atoms with E-state index in [9.17, 15) is 22.8 Å². The molecule has 0 aliphatic heterocycles. The largest absolute Gasteiger partial charge is 0.467 e. The summed E-state index contributed by atoms with van der Waals surface area (Å²) in [4.78, 5) is 29.3. The lowest BCUT2D eigenvalue weighted by atomic mass is 10.2. The summed E-state index contributed by atoms with van der Waals surface area (Å²) in [6.45, 7) is -1.92. The monoisotopic (exact) mass is 391 g/mol. The van der Waals surface area contributed by atoms with Gasteiger partial charge in [-0.15, -0.1) is 6.42 Å². The van der Waals surface area contributed by atoms with Gasteiger partial charge < -0.3 is 15.0 Å². The summed E-state index contributed by atoms with van der Waals surface area (Å²) in [5, 5.41) is 2.59. The Labute approximate surface area is 159 Å². The maximum Gasteiger partial charge on any atom is 0.422 e. The first kappa shape index (κ1) is 20.8. The van der Waals surface area contributed by atoms with Crippen LogP contribution in [0.15, 0.2) is 42.6 Å². The molecule has 28 heavy (non-hydrogen) atoms. The lowest BCUT2D eigenvalue weighted by molar-refractivity contribution is -0.154. The molecule has 2 aromatic rings. The number of halogens is 3. The van der Waals surface area contributed by atoms with Gasteiger partial charge in [0.25, 0.3) is 5.91 Å². The molecular weight excluding hydrogens is 375 g/mol. The van der Waals surface area contributed by atoms with Crippen LogP contribution in [0.3, 0.4) is 0 Å². The molecule has 9 heteroatoms. The number of carbonyl (C=O) groups excluding carboxylic acids is 2. The Morgan fingerprint density at radius 1 is 1.29 bits per heavy atom. The van der Waals surface area contributed by atoms with E-state index in [1.165, 1.54) is 25.4 Å². The molecule has 1 heterocycles. The van der Waals surface area contributed by atoms with E-state index >= 15 is 0 Å². The van der Waals surface area contributed by atoms with E-state index in [0.717, 1.165) is 4.90 Å². The molecule has 0 aliphatic rings. The van der Waals surface area contributed by atoms with E-state index in [4.69, 9.17) is 6.42 Å². The first-order valence-corrected chi connectivity index (χ1v) is 7.96. The quantitative estimate of drug-likeness (QED) is 0.769. The molecule has 0 atom stereocenters. The van der Waals surface area contributed by atoms with Crippen LogP contribution < -0.4 is 10.1 Å². The lowest BCUT2D eigenvalue weighted by Crippen LogP contribution is -2.35. The molecule has 2 amide bonds. The maximum atomic E-state index is 12.5. The van der Waals surface area contributed by atoms with Crippen LogP contribution in [0.4, 0.5) is 18.9 Å². The zero-order chi connectivity index (χ0) is 20.7. The van der Waals surface area contributed by atoms with Gasteiger partial charge in [0.05, 0.1) is 6.54 Å². The Morgan fingerprint density at radius 3 is 2.71 bits per heavy atom. The van der Waals surface area contributed by atoms with E-state index in [2.05, 4.69) is 21.0 Å². The molecule has 0 radical (unpaired) electrons.